The third kappa shape index (κ3) is 3.28. The van der Waals surface area contributed by atoms with Crippen molar-refractivity contribution in [2.45, 2.75) is 13.0 Å². The Kier molecular flexibility index (Phi) is 4.34. The molecule has 2 aromatic rings. The highest BCUT2D eigenvalue weighted by atomic mass is 16.5. The number of anilines is 1. The predicted octanol–water partition coefficient (Wildman–Crippen LogP) is 2.35. The molecule has 0 saturated carbocycles. The third-order valence-corrected chi connectivity index (χ3v) is 4.59. The van der Waals surface area contributed by atoms with Crippen LogP contribution in [0.1, 0.15) is 23.1 Å². The second kappa shape index (κ2) is 6.80. The molecule has 0 radical (unpaired) electrons. The van der Waals surface area contributed by atoms with Crippen LogP contribution < -0.4 is 10.5 Å². The van der Waals surface area contributed by atoms with Gasteiger partial charge < -0.3 is 20.1 Å². The number of ether oxygens (including phenoxy) is 2. The van der Waals surface area contributed by atoms with E-state index >= 15 is 0 Å². The molecule has 3 heterocycles. The number of rotatable bonds is 2. The summed E-state index contributed by atoms with van der Waals surface area (Å²) in [5.74, 6) is 0.789. The molecule has 1 fully saturated rings. The summed E-state index contributed by atoms with van der Waals surface area (Å²) in [6, 6.07) is 11.3. The van der Waals surface area contributed by atoms with Crippen LogP contribution >= 0.6 is 0 Å². The minimum atomic E-state index is -0.271. The van der Waals surface area contributed by atoms with Gasteiger partial charge in [0.2, 0.25) is 0 Å². The first-order chi connectivity index (χ1) is 12.6. The molecule has 6 heteroatoms. The fourth-order valence-electron chi connectivity index (χ4n) is 3.34. The number of nitrogens with zero attached hydrogens (tertiary/aromatic N) is 2. The second-order valence-corrected chi connectivity index (χ2v) is 6.57. The number of fused-ring (bicyclic) bond motifs is 1. The first-order valence-corrected chi connectivity index (χ1v) is 8.67. The Morgan fingerprint density at radius 1 is 1.31 bits per heavy atom. The van der Waals surface area contributed by atoms with Gasteiger partial charge in [-0.15, -0.1) is 0 Å². The zero-order valence-electron chi connectivity index (χ0n) is 14.6. The standard InChI is InChI=1S/C20H21N3O3/c1-13-8-16(21)10-17(22-13)19-11-23(6-7-25-19)20(24)15-9-14-4-2-3-5-18(14)26-12-15/h2-5,8-10,19H,6-7,11-12H2,1H3,(H2,21,22)/t19-/m1/s1. The molecule has 1 aromatic carbocycles. The fourth-order valence-corrected chi connectivity index (χ4v) is 3.34. The summed E-state index contributed by atoms with van der Waals surface area (Å²) >= 11 is 0. The average Bonchev–Trinajstić information content (AvgIpc) is 2.66. The van der Waals surface area contributed by atoms with Gasteiger partial charge in [0.1, 0.15) is 18.5 Å². The number of pyridine rings is 1. The van der Waals surface area contributed by atoms with E-state index in [-0.39, 0.29) is 18.6 Å². The van der Waals surface area contributed by atoms with Crippen molar-refractivity contribution < 1.29 is 14.3 Å². The highest BCUT2D eigenvalue weighted by molar-refractivity contribution is 5.99. The topological polar surface area (TPSA) is 77.7 Å². The van der Waals surface area contributed by atoms with E-state index in [1.54, 1.807) is 4.90 Å². The zero-order valence-corrected chi connectivity index (χ0v) is 14.6. The molecule has 6 nitrogen and oxygen atoms in total. The lowest BCUT2D eigenvalue weighted by Crippen LogP contribution is -2.44. The minimum Gasteiger partial charge on any atom is -0.488 e. The largest absolute Gasteiger partial charge is 0.488 e. The molecular formula is C20H21N3O3. The maximum Gasteiger partial charge on any atom is 0.253 e. The van der Waals surface area contributed by atoms with Crippen LogP contribution in [0.4, 0.5) is 5.69 Å². The highest BCUT2D eigenvalue weighted by Crippen LogP contribution is 2.28. The number of hydrogen-bond donors (Lipinski definition) is 1. The van der Waals surface area contributed by atoms with Gasteiger partial charge in [-0.25, -0.2) is 0 Å². The lowest BCUT2D eigenvalue weighted by atomic mass is 10.1. The monoisotopic (exact) mass is 351 g/mol. The van der Waals surface area contributed by atoms with Gasteiger partial charge in [-0.05, 0) is 31.2 Å². The van der Waals surface area contributed by atoms with Crippen molar-refractivity contribution in [2.24, 2.45) is 0 Å². The Balaban J connectivity index is 1.53. The summed E-state index contributed by atoms with van der Waals surface area (Å²) in [7, 11) is 0. The van der Waals surface area contributed by atoms with Crippen molar-refractivity contribution >= 4 is 17.7 Å². The van der Waals surface area contributed by atoms with E-state index in [2.05, 4.69) is 4.98 Å². The number of aryl methyl sites for hydroxylation is 1. The van der Waals surface area contributed by atoms with E-state index in [0.717, 1.165) is 22.7 Å². The number of carbonyl (C=O) groups is 1. The Hall–Kier alpha value is -2.86. The molecule has 1 aromatic heterocycles. The van der Waals surface area contributed by atoms with Crippen LogP contribution in [0.15, 0.2) is 42.0 Å². The molecule has 134 valence electrons. The molecule has 2 aliphatic heterocycles. The molecule has 4 rings (SSSR count). The number of aromatic nitrogens is 1. The normalized spacial score (nSPS) is 19.3. The summed E-state index contributed by atoms with van der Waals surface area (Å²) in [6.45, 7) is 3.65. The molecule has 1 atom stereocenters. The average molecular weight is 351 g/mol. The van der Waals surface area contributed by atoms with Gasteiger partial charge in [0.15, 0.2) is 0 Å². The molecule has 2 aliphatic rings. The van der Waals surface area contributed by atoms with Crippen LogP contribution in [0.3, 0.4) is 0 Å². The number of nitrogen functional groups attached to an aromatic ring is 1. The molecule has 0 bridgehead atoms. The Morgan fingerprint density at radius 3 is 3.00 bits per heavy atom. The van der Waals surface area contributed by atoms with E-state index in [0.29, 0.717) is 31.0 Å². The minimum absolute atomic E-state index is 0.0200. The SMILES string of the molecule is Cc1cc(N)cc([C@H]2CN(C(=O)C3=Cc4ccccc4OC3)CCO2)n1. The summed E-state index contributed by atoms with van der Waals surface area (Å²) < 4.78 is 11.6. The third-order valence-electron chi connectivity index (χ3n) is 4.59. The zero-order chi connectivity index (χ0) is 18.1. The van der Waals surface area contributed by atoms with Crippen LogP contribution in [0, 0.1) is 6.92 Å². The van der Waals surface area contributed by atoms with Crippen molar-refractivity contribution in [2.75, 3.05) is 32.0 Å². The van der Waals surface area contributed by atoms with E-state index in [9.17, 15) is 4.79 Å². The number of carbonyl (C=O) groups excluding carboxylic acids is 1. The molecule has 26 heavy (non-hydrogen) atoms. The van der Waals surface area contributed by atoms with Crippen LogP contribution in [-0.4, -0.2) is 42.1 Å². The van der Waals surface area contributed by atoms with Crippen molar-refractivity contribution in [3.63, 3.8) is 0 Å². The van der Waals surface area contributed by atoms with E-state index in [1.807, 2.05) is 49.4 Å². The highest BCUT2D eigenvalue weighted by Gasteiger charge is 2.29. The van der Waals surface area contributed by atoms with Gasteiger partial charge >= 0.3 is 0 Å². The summed E-state index contributed by atoms with van der Waals surface area (Å²) in [5.41, 5.74) is 9.76. The lowest BCUT2D eigenvalue weighted by molar-refractivity contribution is -0.135. The van der Waals surface area contributed by atoms with Gasteiger partial charge in [0.25, 0.3) is 5.91 Å². The molecule has 0 spiro atoms. The maximum atomic E-state index is 13.0. The fraction of sp³-hybridized carbons (Fsp3) is 0.300. The van der Waals surface area contributed by atoms with Gasteiger partial charge in [-0.3, -0.25) is 9.78 Å². The quantitative estimate of drug-likeness (QED) is 0.899. The number of para-hydroxylation sites is 1. The first kappa shape index (κ1) is 16.6. The van der Waals surface area contributed by atoms with Gasteiger partial charge in [-0.1, -0.05) is 18.2 Å². The summed E-state index contributed by atoms with van der Waals surface area (Å²) in [6.07, 6.45) is 1.64. The Labute approximate surface area is 152 Å². The van der Waals surface area contributed by atoms with Crippen LogP contribution in [0.25, 0.3) is 6.08 Å². The number of morpholine rings is 1. The Bertz CT molecular complexity index is 858. The first-order valence-electron chi connectivity index (χ1n) is 8.67. The second-order valence-electron chi connectivity index (χ2n) is 6.57. The molecule has 2 N–H and O–H groups in total. The van der Waals surface area contributed by atoms with Gasteiger partial charge in [0.05, 0.1) is 24.4 Å². The van der Waals surface area contributed by atoms with E-state index in [4.69, 9.17) is 15.2 Å². The van der Waals surface area contributed by atoms with E-state index < -0.39 is 0 Å². The van der Waals surface area contributed by atoms with Crippen molar-refractivity contribution in [3.8, 4) is 5.75 Å². The molecule has 1 saturated heterocycles. The molecular weight excluding hydrogens is 330 g/mol. The molecule has 0 aliphatic carbocycles. The van der Waals surface area contributed by atoms with Gasteiger partial charge in [0, 0.05) is 23.5 Å². The van der Waals surface area contributed by atoms with Crippen molar-refractivity contribution in [1.82, 2.24) is 9.88 Å². The summed E-state index contributed by atoms with van der Waals surface area (Å²) in [4.78, 5) is 19.3. The van der Waals surface area contributed by atoms with E-state index in [1.165, 1.54) is 0 Å². The molecule has 0 unspecified atom stereocenters. The Morgan fingerprint density at radius 2 is 2.15 bits per heavy atom. The van der Waals surface area contributed by atoms with Crippen LogP contribution in [0.2, 0.25) is 0 Å². The summed E-state index contributed by atoms with van der Waals surface area (Å²) in [5, 5.41) is 0. The smallest absolute Gasteiger partial charge is 0.253 e. The van der Waals surface area contributed by atoms with Gasteiger partial charge in [-0.2, -0.15) is 0 Å². The number of nitrogens with two attached hydrogens (primary N) is 1. The number of benzene rings is 1. The van der Waals surface area contributed by atoms with Crippen molar-refractivity contribution in [1.29, 1.82) is 0 Å². The maximum absolute atomic E-state index is 13.0. The number of hydrogen-bond acceptors (Lipinski definition) is 5. The number of amides is 1. The lowest BCUT2D eigenvalue weighted by Gasteiger charge is -2.34. The van der Waals surface area contributed by atoms with Crippen LogP contribution in [0.5, 0.6) is 5.75 Å². The van der Waals surface area contributed by atoms with Crippen LogP contribution in [-0.2, 0) is 9.53 Å². The predicted molar refractivity (Wildman–Crippen MR) is 98.6 cm³/mol. The van der Waals surface area contributed by atoms with Crippen molar-refractivity contribution in [3.05, 3.63) is 58.9 Å². The molecule has 1 amide bonds.